The largest absolute Gasteiger partial charge is 0.508 e. The van der Waals surface area contributed by atoms with E-state index >= 15 is 0 Å². The normalized spacial score (nSPS) is 10.7. The van der Waals surface area contributed by atoms with Gasteiger partial charge in [0.25, 0.3) is 0 Å². The van der Waals surface area contributed by atoms with Crippen LogP contribution in [0.3, 0.4) is 0 Å². The second-order valence-electron chi connectivity index (χ2n) is 6.71. The molecule has 1 heterocycles. The fourth-order valence-electron chi connectivity index (χ4n) is 3.25. The summed E-state index contributed by atoms with van der Waals surface area (Å²) in [6.07, 6.45) is 2.03. The summed E-state index contributed by atoms with van der Waals surface area (Å²) in [5.74, 6) is 0.581. The van der Waals surface area contributed by atoms with Gasteiger partial charge in [-0.15, -0.1) is 0 Å². The van der Waals surface area contributed by atoms with Gasteiger partial charge in [-0.1, -0.05) is 44.2 Å². The molecule has 5 nitrogen and oxygen atoms in total. The van der Waals surface area contributed by atoms with E-state index < -0.39 is 0 Å². The molecule has 0 saturated heterocycles. The number of anilines is 1. The Kier molecular flexibility index (Phi) is 6.04. The molecule has 0 unspecified atom stereocenters. The van der Waals surface area contributed by atoms with Gasteiger partial charge in [0.15, 0.2) is 5.82 Å². The van der Waals surface area contributed by atoms with Gasteiger partial charge in [0.1, 0.15) is 5.75 Å². The zero-order chi connectivity index (χ0) is 20.1. The van der Waals surface area contributed by atoms with E-state index in [0.717, 1.165) is 40.2 Å². The molecular formula is C23H25N3O2. The SMILES string of the molecule is CCc1cc(O)ccc1-c1nc(Cc2ccccc2)c(NC(C)=O)nc1CC. The van der Waals surface area contributed by atoms with E-state index in [0.29, 0.717) is 18.7 Å². The quantitative estimate of drug-likeness (QED) is 0.664. The lowest BCUT2D eigenvalue weighted by Gasteiger charge is -2.16. The molecule has 144 valence electrons. The number of aryl methyl sites for hydroxylation is 2. The Bertz CT molecular complexity index is 985. The molecule has 2 aromatic carbocycles. The molecule has 28 heavy (non-hydrogen) atoms. The van der Waals surface area contributed by atoms with Crippen molar-refractivity contribution in [3.8, 4) is 17.0 Å². The molecule has 3 rings (SSSR count). The predicted molar refractivity (Wildman–Crippen MR) is 111 cm³/mol. The maximum atomic E-state index is 11.7. The van der Waals surface area contributed by atoms with Gasteiger partial charge in [-0.2, -0.15) is 0 Å². The van der Waals surface area contributed by atoms with Crippen LogP contribution in [0.15, 0.2) is 48.5 Å². The molecular weight excluding hydrogens is 350 g/mol. The minimum absolute atomic E-state index is 0.169. The lowest BCUT2D eigenvalue weighted by Crippen LogP contribution is -2.14. The van der Waals surface area contributed by atoms with Crippen molar-refractivity contribution < 1.29 is 9.90 Å². The van der Waals surface area contributed by atoms with Crippen LogP contribution in [0.4, 0.5) is 5.82 Å². The molecule has 0 aliphatic carbocycles. The summed E-state index contributed by atoms with van der Waals surface area (Å²) in [6.45, 7) is 5.55. The van der Waals surface area contributed by atoms with Crippen LogP contribution in [-0.4, -0.2) is 21.0 Å². The van der Waals surface area contributed by atoms with Crippen molar-refractivity contribution in [2.75, 3.05) is 5.32 Å². The zero-order valence-corrected chi connectivity index (χ0v) is 16.5. The number of nitrogens with one attached hydrogen (secondary N) is 1. The van der Waals surface area contributed by atoms with Crippen LogP contribution in [-0.2, 0) is 24.1 Å². The first-order chi connectivity index (χ1) is 13.5. The molecule has 1 aromatic heterocycles. The maximum Gasteiger partial charge on any atom is 0.222 e. The fourth-order valence-corrected chi connectivity index (χ4v) is 3.25. The number of nitrogens with zero attached hydrogens (tertiary/aromatic N) is 2. The van der Waals surface area contributed by atoms with Crippen molar-refractivity contribution in [1.29, 1.82) is 0 Å². The number of rotatable bonds is 6. The number of benzene rings is 2. The van der Waals surface area contributed by atoms with Crippen LogP contribution in [0.2, 0.25) is 0 Å². The third-order valence-electron chi connectivity index (χ3n) is 4.61. The predicted octanol–water partition coefficient (Wildman–Crippen LogP) is 4.52. The third-order valence-corrected chi connectivity index (χ3v) is 4.61. The van der Waals surface area contributed by atoms with Crippen LogP contribution < -0.4 is 5.32 Å². The van der Waals surface area contributed by atoms with Crippen molar-refractivity contribution in [3.05, 3.63) is 71.0 Å². The van der Waals surface area contributed by atoms with Gasteiger partial charge in [0.05, 0.1) is 17.1 Å². The summed E-state index contributed by atoms with van der Waals surface area (Å²) in [4.78, 5) is 21.4. The van der Waals surface area contributed by atoms with E-state index in [-0.39, 0.29) is 11.7 Å². The second-order valence-corrected chi connectivity index (χ2v) is 6.71. The minimum atomic E-state index is -0.169. The summed E-state index contributed by atoms with van der Waals surface area (Å²) < 4.78 is 0. The monoisotopic (exact) mass is 375 g/mol. The Balaban J connectivity index is 2.17. The number of aromatic nitrogens is 2. The molecule has 0 aliphatic rings. The first kappa shape index (κ1) is 19.5. The Morgan fingerprint density at radius 2 is 1.75 bits per heavy atom. The Labute approximate surface area is 165 Å². The average molecular weight is 375 g/mol. The van der Waals surface area contributed by atoms with Gasteiger partial charge in [0, 0.05) is 18.9 Å². The Hall–Kier alpha value is -3.21. The van der Waals surface area contributed by atoms with Crippen LogP contribution >= 0.6 is 0 Å². The van der Waals surface area contributed by atoms with Crippen molar-refractivity contribution in [3.63, 3.8) is 0 Å². The molecule has 0 radical (unpaired) electrons. The van der Waals surface area contributed by atoms with E-state index in [1.165, 1.54) is 6.92 Å². The van der Waals surface area contributed by atoms with E-state index in [2.05, 4.69) is 5.32 Å². The molecule has 0 fully saturated rings. The average Bonchev–Trinajstić information content (AvgIpc) is 2.69. The van der Waals surface area contributed by atoms with Gasteiger partial charge in [0.2, 0.25) is 5.91 Å². The van der Waals surface area contributed by atoms with Gasteiger partial charge in [-0.25, -0.2) is 9.97 Å². The summed E-state index contributed by atoms with van der Waals surface area (Å²) in [7, 11) is 0. The first-order valence-electron chi connectivity index (χ1n) is 9.55. The highest BCUT2D eigenvalue weighted by Crippen LogP contribution is 2.30. The fraction of sp³-hybridized carbons (Fsp3) is 0.261. The molecule has 0 bridgehead atoms. The lowest BCUT2D eigenvalue weighted by atomic mass is 9.99. The van der Waals surface area contributed by atoms with Crippen LogP contribution in [0.5, 0.6) is 5.75 Å². The highest BCUT2D eigenvalue weighted by Gasteiger charge is 2.17. The van der Waals surface area contributed by atoms with Gasteiger partial charge in [-0.3, -0.25) is 4.79 Å². The number of hydrogen-bond donors (Lipinski definition) is 2. The van der Waals surface area contributed by atoms with Crippen molar-refractivity contribution in [2.24, 2.45) is 0 Å². The molecule has 0 spiro atoms. The second kappa shape index (κ2) is 8.65. The lowest BCUT2D eigenvalue weighted by molar-refractivity contribution is -0.114. The van der Waals surface area contributed by atoms with E-state index in [9.17, 15) is 9.90 Å². The van der Waals surface area contributed by atoms with E-state index in [1.54, 1.807) is 12.1 Å². The first-order valence-corrected chi connectivity index (χ1v) is 9.55. The van der Waals surface area contributed by atoms with E-state index in [4.69, 9.17) is 9.97 Å². The number of amides is 1. The Morgan fingerprint density at radius 3 is 2.39 bits per heavy atom. The smallest absolute Gasteiger partial charge is 0.222 e. The van der Waals surface area contributed by atoms with Crippen molar-refractivity contribution in [1.82, 2.24) is 9.97 Å². The molecule has 1 amide bonds. The van der Waals surface area contributed by atoms with Crippen LogP contribution in [0.25, 0.3) is 11.3 Å². The van der Waals surface area contributed by atoms with Gasteiger partial charge in [-0.05, 0) is 42.2 Å². The van der Waals surface area contributed by atoms with Gasteiger partial charge < -0.3 is 10.4 Å². The number of carbonyl (C=O) groups excluding carboxylic acids is 1. The van der Waals surface area contributed by atoms with E-state index in [1.807, 2.05) is 50.2 Å². The molecule has 0 aliphatic heterocycles. The summed E-state index contributed by atoms with van der Waals surface area (Å²) in [6, 6.07) is 15.3. The van der Waals surface area contributed by atoms with Crippen LogP contribution in [0, 0.1) is 0 Å². The molecule has 5 heteroatoms. The highest BCUT2D eigenvalue weighted by atomic mass is 16.3. The highest BCUT2D eigenvalue weighted by molar-refractivity contribution is 5.88. The zero-order valence-electron chi connectivity index (χ0n) is 16.5. The number of phenolic OH excluding ortho intramolecular Hbond substituents is 1. The summed E-state index contributed by atoms with van der Waals surface area (Å²) >= 11 is 0. The molecule has 2 N–H and O–H groups in total. The standard InChI is InChI=1S/C23H25N3O2/c1-4-17-14-18(28)11-12-19(17)22-20(5-2)26-23(24-15(3)27)21(25-22)13-16-9-7-6-8-10-16/h6-12,14,28H,4-5,13H2,1-3H3,(H,24,26,27). The summed E-state index contributed by atoms with van der Waals surface area (Å²) in [5.41, 5.74) is 5.43. The number of hydrogen-bond acceptors (Lipinski definition) is 4. The number of phenols is 1. The Morgan fingerprint density at radius 1 is 1.00 bits per heavy atom. The van der Waals surface area contributed by atoms with Crippen molar-refractivity contribution >= 4 is 11.7 Å². The third kappa shape index (κ3) is 4.36. The molecule has 0 saturated carbocycles. The van der Waals surface area contributed by atoms with Crippen molar-refractivity contribution in [2.45, 2.75) is 40.0 Å². The van der Waals surface area contributed by atoms with Crippen LogP contribution in [0.1, 0.15) is 43.3 Å². The number of aromatic hydroxyl groups is 1. The van der Waals surface area contributed by atoms with Gasteiger partial charge >= 0.3 is 0 Å². The molecule has 3 aromatic rings. The number of carbonyl (C=O) groups is 1. The molecule has 0 atom stereocenters. The minimum Gasteiger partial charge on any atom is -0.508 e. The summed E-state index contributed by atoms with van der Waals surface area (Å²) in [5, 5.41) is 12.7. The maximum absolute atomic E-state index is 11.7. The topological polar surface area (TPSA) is 75.1 Å².